The molecule has 1 aromatic carbocycles. The van der Waals surface area contributed by atoms with Gasteiger partial charge in [0.05, 0.1) is 0 Å². The van der Waals surface area contributed by atoms with Gasteiger partial charge in [0, 0.05) is 31.7 Å². The fourth-order valence-electron chi connectivity index (χ4n) is 1.68. The SMILES string of the molecule is O=C(c1ccc(F)c(F)c1)N1CCNCC1.[PbH2]. The first kappa shape index (κ1) is 14.5. The van der Waals surface area contributed by atoms with E-state index in [4.69, 9.17) is 0 Å². The maximum atomic E-state index is 12.9. The molecule has 0 aliphatic carbocycles. The average molecular weight is 435 g/mol. The van der Waals surface area contributed by atoms with Crippen LogP contribution in [0.5, 0.6) is 0 Å². The Morgan fingerprint density at radius 3 is 2.41 bits per heavy atom. The molecule has 1 aliphatic rings. The zero-order chi connectivity index (χ0) is 11.5. The summed E-state index contributed by atoms with van der Waals surface area (Å²) in [5.41, 5.74) is 0.195. The summed E-state index contributed by atoms with van der Waals surface area (Å²) in [7, 11) is 0. The van der Waals surface area contributed by atoms with Gasteiger partial charge < -0.3 is 10.2 Å². The number of benzene rings is 1. The third-order valence-electron chi connectivity index (χ3n) is 2.57. The van der Waals surface area contributed by atoms with Crippen molar-refractivity contribution in [2.45, 2.75) is 0 Å². The molecule has 92 valence electrons. The van der Waals surface area contributed by atoms with Crippen molar-refractivity contribution in [2.24, 2.45) is 0 Å². The molecule has 1 saturated heterocycles. The molecule has 0 bridgehead atoms. The summed E-state index contributed by atoms with van der Waals surface area (Å²) in [6.07, 6.45) is 0. The van der Waals surface area contributed by atoms with Gasteiger partial charge in [-0.25, -0.2) is 8.78 Å². The first-order chi connectivity index (χ1) is 7.68. The number of piperazine rings is 1. The summed E-state index contributed by atoms with van der Waals surface area (Å²) in [4.78, 5) is 13.5. The second-order valence-corrected chi connectivity index (χ2v) is 3.67. The predicted molar refractivity (Wildman–Crippen MR) is 63.7 cm³/mol. The van der Waals surface area contributed by atoms with Crippen molar-refractivity contribution < 1.29 is 13.6 Å². The van der Waals surface area contributed by atoms with Crippen molar-refractivity contribution in [1.82, 2.24) is 10.2 Å². The Kier molecular flexibility index (Phi) is 5.45. The molecule has 2 radical (unpaired) electrons. The van der Waals surface area contributed by atoms with E-state index >= 15 is 0 Å². The Morgan fingerprint density at radius 1 is 1.18 bits per heavy atom. The number of hydrogen-bond donors (Lipinski definition) is 1. The van der Waals surface area contributed by atoms with Gasteiger partial charge in [-0.15, -0.1) is 0 Å². The van der Waals surface area contributed by atoms with Crippen molar-refractivity contribution in [1.29, 1.82) is 0 Å². The molecule has 0 unspecified atom stereocenters. The third-order valence-corrected chi connectivity index (χ3v) is 2.57. The minimum atomic E-state index is -0.985. The summed E-state index contributed by atoms with van der Waals surface area (Å²) in [6, 6.07) is 3.23. The van der Waals surface area contributed by atoms with Gasteiger partial charge in [0.25, 0.3) is 5.91 Å². The first-order valence-corrected chi connectivity index (χ1v) is 5.13. The molecular weight excluding hydrogens is 421 g/mol. The summed E-state index contributed by atoms with van der Waals surface area (Å²) in [5, 5.41) is 3.11. The molecule has 1 aromatic rings. The molecule has 1 aliphatic heterocycles. The molecule has 1 heterocycles. The maximum absolute atomic E-state index is 12.9. The second-order valence-electron chi connectivity index (χ2n) is 3.67. The van der Waals surface area contributed by atoms with Gasteiger partial charge in [0.2, 0.25) is 0 Å². The molecule has 0 spiro atoms. The van der Waals surface area contributed by atoms with Crippen LogP contribution in [0.1, 0.15) is 10.4 Å². The first-order valence-electron chi connectivity index (χ1n) is 5.13. The van der Waals surface area contributed by atoms with E-state index in [1.807, 2.05) is 0 Å². The molecule has 0 aromatic heterocycles. The number of halogens is 2. The van der Waals surface area contributed by atoms with Crippen LogP contribution in [0, 0.1) is 11.6 Å². The standard InChI is InChI=1S/C11H12F2N2O.Pb.2H/c12-9-2-1-8(7-10(9)13)11(16)15-5-3-14-4-6-15;;;/h1-2,7,14H,3-6H2;;;. The Morgan fingerprint density at radius 2 is 1.82 bits per heavy atom. The summed E-state index contributed by atoms with van der Waals surface area (Å²) in [5.74, 6) is -2.17. The number of amides is 1. The number of carbonyl (C=O) groups excluding carboxylic acids is 1. The van der Waals surface area contributed by atoms with Gasteiger partial charge in [0.15, 0.2) is 11.6 Å². The van der Waals surface area contributed by atoms with E-state index in [1.165, 1.54) is 6.07 Å². The van der Waals surface area contributed by atoms with Crippen LogP contribution in [0.3, 0.4) is 0 Å². The number of nitrogens with zero attached hydrogens (tertiary/aromatic N) is 1. The Bertz CT molecular complexity index is 408. The van der Waals surface area contributed by atoms with Crippen LogP contribution in [-0.2, 0) is 0 Å². The van der Waals surface area contributed by atoms with E-state index < -0.39 is 11.6 Å². The molecule has 1 amide bonds. The predicted octanol–water partition coefficient (Wildman–Crippen LogP) is 0.0940. The van der Waals surface area contributed by atoms with Gasteiger partial charge >= 0.3 is 27.3 Å². The Labute approximate surface area is 118 Å². The van der Waals surface area contributed by atoms with Gasteiger partial charge in [-0.1, -0.05) is 0 Å². The normalized spacial score (nSPS) is 15.3. The topological polar surface area (TPSA) is 32.3 Å². The molecule has 17 heavy (non-hydrogen) atoms. The number of hydrogen-bond acceptors (Lipinski definition) is 2. The van der Waals surface area contributed by atoms with Crippen LogP contribution >= 0.6 is 0 Å². The summed E-state index contributed by atoms with van der Waals surface area (Å²) >= 11 is 0. The van der Waals surface area contributed by atoms with E-state index in [9.17, 15) is 13.6 Å². The Hall–Kier alpha value is -0.568. The van der Waals surface area contributed by atoms with Crippen LogP contribution in [0.25, 0.3) is 0 Å². The zero-order valence-corrected chi connectivity index (χ0v) is 14.9. The van der Waals surface area contributed by atoms with Gasteiger partial charge in [-0.3, -0.25) is 4.79 Å². The fourth-order valence-corrected chi connectivity index (χ4v) is 1.68. The zero-order valence-electron chi connectivity index (χ0n) is 9.38. The average Bonchev–Trinajstić information content (AvgIpc) is 2.33. The van der Waals surface area contributed by atoms with Crippen LogP contribution in [0.2, 0.25) is 0 Å². The molecule has 2 rings (SSSR count). The van der Waals surface area contributed by atoms with Crippen LogP contribution in [0.15, 0.2) is 18.2 Å². The Balaban J connectivity index is 0.00000144. The molecule has 6 heteroatoms. The second kappa shape index (κ2) is 6.39. The molecule has 0 atom stereocenters. The minimum absolute atomic E-state index is 0. The van der Waals surface area contributed by atoms with Gasteiger partial charge in [-0.05, 0) is 18.2 Å². The number of nitrogens with one attached hydrogen (secondary N) is 1. The molecule has 1 fully saturated rings. The van der Waals surface area contributed by atoms with Crippen molar-refractivity contribution in [3.05, 3.63) is 35.4 Å². The molecular formula is C11H14F2N2OPb. The van der Waals surface area contributed by atoms with Crippen molar-refractivity contribution >= 4 is 33.2 Å². The fraction of sp³-hybridized carbons (Fsp3) is 0.364. The van der Waals surface area contributed by atoms with Crippen LogP contribution in [-0.4, -0.2) is 64.3 Å². The van der Waals surface area contributed by atoms with E-state index in [2.05, 4.69) is 5.32 Å². The number of carbonyl (C=O) groups is 1. The van der Waals surface area contributed by atoms with Crippen molar-refractivity contribution in [2.75, 3.05) is 26.2 Å². The molecule has 3 nitrogen and oxygen atoms in total. The van der Waals surface area contributed by atoms with Gasteiger partial charge in [-0.2, -0.15) is 0 Å². The summed E-state index contributed by atoms with van der Waals surface area (Å²) < 4.78 is 25.6. The monoisotopic (exact) mass is 436 g/mol. The number of rotatable bonds is 1. The van der Waals surface area contributed by atoms with Crippen molar-refractivity contribution in [3.8, 4) is 0 Å². The van der Waals surface area contributed by atoms with Crippen molar-refractivity contribution in [3.63, 3.8) is 0 Å². The van der Waals surface area contributed by atoms with E-state index in [1.54, 1.807) is 4.90 Å². The van der Waals surface area contributed by atoms with Crippen LogP contribution in [0.4, 0.5) is 8.78 Å². The molecule has 1 N–H and O–H groups in total. The summed E-state index contributed by atoms with van der Waals surface area (Å²) in [6.45, 7) is 2.65. The van der Waals surface area contributed by atoms with Crippen LogP contribution < -0.4 is 5.32 Å². The van der Waals surface area contributed by atoms with Gasteiger partial charge in [0.1, 0.15) is 0 Å². The third kappa shape index (κ3) is 3.44. The van der Waals surface area contributed by atoms with E-state index in [-0.39, 0.29) is 38.8 Å². The molecule has 0 saturated carbocycles. The quantitative estimate of drug-likeness (QED) is 0.635. The van der Waals surface area contributed by atoms with E-state index in [0.717, 1.165) is 25.2 Å². The van der Waals surface area contributed by atoms with E-state index in [0.29, 0.717) is 13.1 Å².